The molecule has 0 fully saturated rings. The lowest BCUT2D eigenvalue weighted by Gasteiger charge is -2.11. The van der Waals surface area contributed by atoms with Crippen LogP contribution in [0.1, 0.15) is 17.0 Å². The second-order valence-corrected chi connectivity index (χ2v) is 4.52. The van der Waals surface area contributed by atoms with Crippen LogP contribution in [0.15, 0.2) is 30.3 Å². The SMILES string of the molecule is CN(C)c1ccc(/C=C/c2cc(C(F)(F)F)[nH]n2)cc1. The van der Waals surface area contributed by atoms with Gasteiger partial charge in [-0.2, -0.15) is 18.3 Å². The summed E-state index contributed by atoms with van der Waals surface area (Å²) >= 11 is 0. The van der Waals surface area contributed by atoms with Gasteiger partial charge in [0.15, 0.2) is 0 Å². The van der Waals surface area contributed by atoms with E-state index in [1.807, 2.05) is 48.4 Å². The summed E-state index contributed by atoms with van der Waals surface area (Å²) in [6.07, 6.45) is -1.14. The molecule has 1 aromatic heterocycles. The molecule has 0 saturated carbocycles. The summed E-state index contributed by atoms with van der Waals surface area (Å²) in [5.41, 5.74) is 1.35. The average Bonchev–Trinajstić information content (AvgIpc) is 2.85. The van der Waals surface area contributed by atoms with Crippen LogP contribution in [-0.4, -0.2) is 24.3 Å². The minimum absolute atomic E-state index is 0.244. The van der Waals surface area contributed by atoms with E-state index in [1.165, 1.54) is 6.08 Å². The first-order valence-electron chi connectivity index (χ1n) is 5.94. The molecule has 0 unspecified atom stereocenters. The van der Waals surface area contributed by atoms with E-state index in [0.29, 0.717) is 0 Å². The Balaban J connectivity index is 2.11. The van der Waals surface area contributed by atoms with E-state index in [0.717, 1.165) is 17.3 Å². The molecule has 0 bridgehead atoms. The van der Waals surface area contributed by atoms with E-state index >= 15 is 0 Å². The Kier molecular flexibility index (Phi) is 3.83. The van der Waals surface area contributed by atoms with Crippen LogP contribution < -0.4 is 4.90 Å². The van der Waals surface area contributed by atoms with Gasteiger partial charge in [0.25, 0.3) is 0 Å². The average molecular weight is 281 g/mol. The topological polar surface area (TPSA) is 31.9 Å². The molecular weight excluding hydrogens is 267 g/mol. The van der Waals surface area contributed by atoms with Crippen LogP contribution in [0.2, 0.25) is 0 Å². The Hall–Kier alpha value is -2.24. The fourth-order valence-corrected chi connectivity index (χ4v) is 1.63. The minimum atomic E-state index is -4.40. The predicted octanol–water partition coefficient (Wildman–Crippen LogP) is 3.66. The van der Waals surface area contributed by atoms with E-state index in [1.54, 1.807) is 6.08 Å². The first kappa shape index (κ1) is 14.2. The van der Waals surface area contributed by atoms with E-state index in [2.05, 4.69) is 5.10 Å². The summed E-state index contributed by atoms with van der Waals surface area (Å²) in [4.78, 5) is 1.97. The van der Waals surface area contributed by atoms with Gasteiger partial charge in [0, 0.05) is 19.8 Å². The first-order chi connectivity index (χ1) is 9.36. The maximum atomic E-state index is 12.4. The van der Waals surface area contributed by atoms with E-state index in [4.69, 9.17) is 0 Å². The Morgan fingerprint density at radius 3 is 2.25 bits per heavy atom. The number of halogens is 3. The third-order valence-electron chi connectivity index (χ3n) is 2.76. The van der Waals surface area contributed by atoms with Crippen molar-refractivity contribution in [1.29, 1.82) is 0 Å². The number of hydrogen-bond donors (Lipinski definition) is 1. The molecule has 0 aliphatic carbocycles. The van der Waals surface area contributed by atoms with E-state index in [9.17, 15) is 13.2 Å². The third kappa shape index (κ3) is 3.40. The highest BCUT2D eigenvalue weighted by molar-refractivity contribution is 5.69. The van der Waals surface area contributed by atoms with Gasteiger partial charge in [-0.05, 0) is 29.8 Å². The van der Waals surface area contributed by atoms with Crippen LogP contribution in [0.5, 0.6) is 0 Å². The zero-order valence-electron chi connectivity index (χ0n) is 11.1. The maximum Gasteiger partial charge on any atom is 0.432 e. The number of rotatable bonds is 3. The van der Waals surface area contributed by atoms with Crippen molar-refractivity contribution < 1.29 is 13.2 Å². The largest absolute Gasteiger partial charge is 0.432 e. The maximum absolute atomic E-state index is 12.4. The molecule has 106 valence electrons. The van der Waals surface area contributed by atoms with Crippen LogP contribution in [0.3, 0.4) is 0 Å². The molecule has 3 nitrogen and oxygen atoms in total. The zero-order valence-corrected chi connectivity index (χ0v) is 11.1. The molecule has 0 aliphatic rings. The molecule has 0 aliphatic heterocycles. The number of aromatic amines is 1. The number of nitrogens with zero attached hydrogens (tertiary/aromatic N) is 2. The molecule has 2 rings (SSSR count). The number of aromatic nitrogens is 2. The van der Waals surface area contributed by atoms with Crippen molar-refractivity contribution in [1.82, 2.24) is 10.2 Å². The van der Waals surface area contributed by atoms with Crippen molar-refractivity contribution in [2.75, 3.05) is 19.0 Å². The van der Waals surface area contributed by atoms with Crippen LogP contribution in [0.25, 0.3) is 12.2 Å². The highest BCUT2D eigenvalue weighted by atomic mass is 19.4. The van der Waals surface area contributed by atoms with Crippen LogP contribution in [0.4, 0.5) is 18.9 Å². The summed E-state index contributed by atoms with van der Waals surface area (Å²) in [6, 6.07) is 8.63. The number of anilines is 1. The van der Waals surface area contributed by atoms with Crippen LogP contribution in [0, 0.1) is 0 Å². The number of benzene rings is 1. The molecule has 0 saturated heterocycles. The normalized spacial score (nSPS) is 12.1. The lowest BCUT2D eigenvalue weighted by atomic mass is 10.1. The molecule has 1 heterocycles. The van der Waals surface area contributed by atoms with Gasteiger partial charge < -0.3 is 4.90 Å². The lowest BCUT2D eigenvalue weighted by Crippen LogP contribution is -2.07. The Morgan fingerprint density at radius 1 is 1.10 bits per heavy atom. The smallest absolute Gasteiger partial charge is 0.378 e. The number of hydrogen-bond acceptors (Lipinski definition) is 2. The Bertz CT molecular complexity index is 595. The lowest BCUT2D eigenvalue weighted by molar-refractivity contribution is -0.141. The fraction of sp³-hybridized carbons (Fsp3) is 0.214. The minimum Gasteiger partial charge on any atom is -0.378 e. The Morgan fingerprint density at radius 2 is 1.75 bits per heavy atom. The van der Waals surface area contributed by atoms with Gasteiger partial charge in [0.1, 0.15) is 5.69 Å². The van der Waals surface area contributed by atoms with Crippen LogP contribution >= 0.6 is 0 Å². The first-order valence-corrected chi connectivity index (χ1v) is 5.94. The molecule has 1 aromatic carbocycles. The molecule has 2 aromatic rings. The molecule has 0 spiro atoms. The molecule has 0 amide bonds. The van der Waals surface area contributed by atoms with Gasteiger partial charge in [0.2, 0.25) is 0 Å². The summed E-state index contributed by atoms with van der Waals surface area (Å²) < 4.78 is 37.2. The van der Waals surface area contributed by atoms with Gasteiger partial charge in [-0.3, -0.25) is 5.10 Å². The van der Waals surface area contributed by atoms with Crippen LogP contribution in [-0.2, 0) is 6.18 Å². The number of nitrogens with one attached hydrogen (secondary N) is 1. The van der Waals surface area contributed by atoms with Gasteiger partial charge in [0.05, 0.1) is 5.69 Å². The number of H-pyrrole nitrogens is 1. The molecule has 20 heavy (non-hydrogen) atoms. The van der Waals surface area contributed by atoms with Crippen molar-refractivity contribution in [2.45, 2.75) is 6.18 Å². The quantitative estimate of drug-likeness (QED) is 0.931. The third-order valence-corrected chi connectivity index (χ3v) is 2.76. The summed E-state index contributed by atoms with van der Waals surface area (Å²) in [6.45, 7) is 0. The molecule has 0 atom stereocenters. The van der Waals surface area contributed by atoms with Gasteiger partial charge in [-0.25, -0.2) is 0 Å². The van der Waals surface area contributed by atoms with E-state index in [-0.39, 0.29) is 5.69 Å². The summed E-state index contributed by atoms with van der Waals surface area (Å²) in [5, 5.41) is 5.58. The van der Waals surface area contributed by atoms with Gasteiger partial charge in [-0.15, -0.1) is 0 Å². The highest BCUT2D eigenvalue weighted by Gasteiger charge is 2.32. The van der Waals surface area contributed by atoms with Crippen molar-refractivity contribution in [3.63, 3.8) is 0 Å². The molecule has 0 radical (unpaired) electrons. The predicted molar refractivity (Wildman–Crippen MR) is 73.3 cm³/mol. The van der Waals surface area contributed by atoms with E-state index < -0.39 is 11.9 Å². The van der Waals surface area contributed by atoms with Gasteiger partial charge in [-0.1, -0.05) is 18.2 Å². The summed E-state index contributed by atoms with van der Waals surface area (Å²) in [5.74, 6) is 0. The number of alkyl halides is 3. The standard InChI is InChI=1S/C14H14F3N3/c1-20(2)12-7-4-10(5-8-12)3-6-11-9-13(19-18-11)14(15,16)17/h3-9H,1-2H3,(H,18,19)/b6-3+. The summed E-state index contributed by atoms with van der Waals surface area (Å²) in [7, 11) is 3.88. The van der Waals surface area contributed by atoms with Crippen molar-refractivity contribution in [2.24, 2.45) is 0 Å². The Labute approximate surface area is 114 Å². The fourth-order valence-electron chi connectivity index (χ4n) is 1.63. The zero-order chi connectivity index (χ0) is 14.8. The van der Waals surface area contributed by atoms with Gasteiger partial charge >= 0.3 is 6.18 Å². The molecule has 6 heteroatoms. The van der Waals surface area contributed by atoms with Crippen molar-refractivity contribution in [3.8, 4) is 0 Å². The molecule has 1 N–H and O–H groups in total. The van der Waals surface area contributed by atoms with Crippen molar-refractivity contribution in [3.05, 3.63) is 47.3 Å². The highest BCUT2D eigenvalue weighted by Crippen LogP contribution is 2.28. The monoisotopic (exact) mass is 281 g/mol. The second kappa shape index (κ2) is 5.40. The van der Waals surface area contributed by atoms with Crippen molar-refractivity contribution >= 4 is 17.8 Å². The second-order valence-electron chi connectivity index (χ2n) is 4.52. The molecular formula is C14H14F3N3.